The van der Waals surface area contributed by atoms with Gasteiger partial charge in [0.15, 0.2) is 5.82 Å². The molecule has 9 nitrogen and oxygen atoms in total. The third-order valence-corrected chi connectivity index (χ3v) is 7.22. The number of anilines is 1. The van der Waals surface area contributed by atoms with Gasteiger partial charge >= 0.3 is 0 Å². The molecular formula is C32H41N7O2. The van der Waals surface area contributed by atoms with E-state index in [0.29, 0.717) is 36.5 Å². The lowest BCUT2D eigenvalue weighted by molar-refractivity contribution is 0.0177. The molecule has 0 amide bonds. The van der Waals surface area contributed by atoms with E-state index in [-0.39, 0.29) is 11.5 Å². The van der Waals surface area contributed by atoms with Gasteiger partial charge in [-0.2, -0.15) is 14.6 Å². The van der Waals surface area contributed by atoms with Crippen molar-refractivity contribution in [3.63, 3.8) is 0 Å². The minimum atomic E-state index is -0.319. The third-order valence-electron chi connectivity index (χ3n) is 7.22. The molecule has 0 saturated carbocycles. The second kappa shape index (κ2) is 12.6. The monoisotopic (exact) mass is 555 g/mol. The molecule has 9 heteroatoms. The first kappa shape index (κ1) is 29.9. The van der Waals surface area contributed by atoms with E-state index in [1.54, 1.807) is 17.9 Å². The quantitative estimate of drug-likeness (QED) is 0.263. The van der Waals surface area contributed by atoms with Crippen LogP contribution in [0.5, 0.6) is 5.88 Å². The molecule has 4 aromatic rings. The molecule has 3 aromatic heterocycles. The number of aryl methyl sites for hydroxylation is 2. The molecule has 216 valence electrons. The molecule has 0 aliphatic heterocycles. The van der Waals surface area contributed by atoms with Crippen molar-refractivity contribution in [1.82, 2.24) is 29.7 Å². The molecule has 1 aliphatic carbocycles. The normalized spacial score (nSPS) is 18.1. The second-order valence-corrected chi connectivity index (χ2v) is 10.4. The summed E-state index contributed by atoms with van der Waals surface area (Å²) in [7, 11) is 5.59. The van der Waals surface area contributed by atoms with Gasteiger partial charge in [-0.25, -0.2) is 9.97 Å². The molecule has 1 aliphatic rings. The summed E-state index contributed by atoms with van der Waals surface area (Å²) in [5.41, 5.74) is 3.78. The summed E-state index contributed by atoms with van der Waals surface area (Å²) in [5, 5.41) is 5.89. The van der Waals surface area contributed by atoms with Crippen LogP contribution < -0.4 is 9.64 Å². The van der Waals surface area contributed by atoms with Crippen molar-refractivity contribution in [2.75, 3.05) is 26.1 Å². The van der Waals surface area contributed by atoms with Crippen molar-refractivity contribution in [3.05, 3.63) is 83.1 Å². The minimum Gasteiger partial charge on any atom is -0.471 e. The van der Waals surface area contributed by atoms with Crippen LogP contribution in [-0.4, -0.2) is 56.5 Å². The number of allylic oxidation sites excluding steroid dienone is 2. The Hall–Kier alpha value is -4.11. The number of fused-ring (bicyclic) bond motifs is 1. The van der Waals surface area contributed by atoms with Crippen molar-refractivity contribution >= 4 is 16.9 Å². The summed E-state index contributed by atoms with van der Waals surface area (Å²) in [5.74, 6) is 3.25. The third kappa shape index (κ3) is 6.62. The number of ether oxygens (including phenoxy) is 2. The van der Waals surface area contributed by atoms with Crippen LogP contribution in [0.3, 0.4) is 0 Å². The van der Waals surface area contributed by atoms with Gasteiger partial charge in [0.05, 0.1) is 16.8 Å². The second-order valence-electron chi connectivity index (χ2n) is 10.4. The van der Waals surface area contributed by atoms with Gasteiger partial charge in [-0.1, -0.05) is 57.2 Å². The van der Waals surface area contributed by atoms with Crippen LogP contribution in [-0.2, 0) is 17.8 Å². The Bertz CT molecular complexity index is 1570. The first-order valence-electron chi connectivity index (χ1n) is 14.1. The average molecular weight is 556 g/mol. The number of rotatable bonds is 8. The molecule has 41 heavy (non-hydrogen) atoms. The Labute approximate surface area is 243 Å². The lowest BCUT2D eigenvalue weighted by atomic mass is 9.83. The predicted octanol–water partition coefficient (Wildman–Crippen LogP) is 5.97. The Balaban J connectivity index is 0.00000189. The van der Waals surface area contributed by atoms with Gasteiger partial charge in [0.25, 0.3) is 0 Å². The number of para-hydroxylation sites is 1. The van der Waals surface area contributed by atoms with E-state index < -0.39 is 0 Å². The molecule has 0 spiro atoms. The van der Waals surface area contributed by atoms with E-state index in [1.165, 1.54) is 0 Å². The highest BCUT2D eigenvalue weighted by Crippen LogP contribution is 2.31. The number of benzene rings is 1. The Kier molecular flexibility index (Phi) is 9.18. The fourth-order valence-corrected chi connectivity index (χ4v) is 4.69. The molecule has 2 unspecified atom stereocenters. The Morgan fingerprint density at radius 1 is 1.02 bits per heavy atom. The molecular weight excluding hydrogens is 514 g/mol. The Morgan fingerprint density at radius 2 is 1.78 bits per heavy atom. The smallest absolute Gasteiger partial charge is 0.244 e. The summed E-state index contributed by atoms with van der Waals surface area (Å²) in [6, 6.07) is 12.0. The van der Waals surface area contributed by atoms with Crippen LogP contribution >= 0.6 is 0 Å². The van der Waals surface area contributed by atoms with Gasteiger partial charge in [0.1, 0.15) is 18.3 Å². The summed E-state index contributed by atoms with van der Waals surface area (Å²) < 4.78 is 13.6. The Morgan fingerprint density at radius 3 is 2.49 bits per heavy atom. The summed E-state index contributed by atoms with van der Waals surface area (Å²) >= 11 is 0. The van der Waals surface area contributed by atoms with Gasteiger partial charge in [-0.05, 0) is 44.0 Å². The number of pyridine rings is 1. The molecule has 1 aromatic carbocycles. The van der Waals surface area contributed by atoms with Crippen LogP contribution in [0.25, 0.3) is 16.7 Å². The van der Waals surface area contributed by atoms with Crippen molar-refractivity contribution in [1.29, 1.82) is 0 Å². The maximum Gasteiger partial charge on any atom is 0.244 e. The highest BCUT2D eigenvalue weighted by molar-refractivity contribution is 5.82. The molecule has 5 rings (SSSR count). The first-order chi connectivity index (χ1) is 19.6. The molecule has 0 saturated heterocycles. The SMILES string of the molecule is CC.COC1(C)C=CC(Cc2nc(N(C)C)nn2-c2cc(OCc3cc(C)c4ccccc4n3)nc(C)n2)=CC1C. The average Bonchev–Trinajstić information content (AvgIpc) is 3.39. The van der Waals surface area contributed by atoms with Gasteiger partial charge in [-0.3, -0.25) is 0 Å². The summed E-state index contributed by atoms with van der Waals surface area (Å²) in [6.45, 7) is 12.5. The molecule has 3 heterocycles. The molecule has 2 atom stereocenters. The van der Waals surface area contributed by atoms with Gasteiger partial charge in [0, 0.05) is 45.0 Å². The van der Waals surface area contributed by atoms with E-state index in [0.717, 1.165) is 33.6 Å². The van der Waals surface area contributed by atoms with E-state index in [4.69, 9.17) is 24.5 Å². The van der Waals surface area contributed by atoms with Gasteiger partial charge < -0.3 is 14.4 Å². The molecule has 0 bridgehead atoms. The number of hydrogen-bond acceptors (Lipinski definition) is 8. The van der Waals surface area contributed by atoms with Crippen LogP contribution in [0.4, 0.5) is 5.95 Å². The lowest BCUT2D eigenvalue weighted by Crippen LogP contribution is -2.33. The van der Waals surface area contributed by atoms with Crippen LogP contribution in [0.15, 0.2) is 60.2 Å². The van der Waals surface area contributed by atoms with Crippen LogP contribution in [0, 0.1) is 19.8 Å². The van der Waals surface area contributed by atoms with E-state index in [1.807, 2.05) is 58.0 Å². The zero-order valence-electron chi connectivity index (χ0n) is 25.6. The zero-order chi connectivity index (χ0) is 29.7. The highest BCUT2D eigenvalue weighted by atomic mass is 16.5. The van der Waals surface area contributed by atoms with E-state index >= 15 is 0 Å². The predicted molar refractivity (Wildman–Crippen MR) is 164 cm³/mol. The van der Waals surface area contributed by atoms with E-state index in [9.17, 15) is 0 Å². The summed E-state index contributed by atoms with van der Waals surface area (Å²) in [6.07, 6.45) is 7.05. The fraction of sp³-hybridized carbons (Fsp3) is 0.406. The van der Waals surface area contributed by atoms with E-state index in [2.05, 4.69) is 61.1 Å². The molecule has 0 N–H and O–H groups in total. The van der Waals surface area contributed by atoms with Crippen LogP contribution in [0.2, 0.25) is 0 Å². The number of methoxy groups -OCH3 is 1. The first-order valence-corrected chi connectivity index (χ1v) is 14.1. The number of hydrogen-bond donors (Lipinski definition) is 0. The van der Waals surface area contributed by atoms with Gasteiger partial charge in [-0.15, -0.1) is 5.10 Å². The zero-order valence-corrected chi connectivity index (χ0v) is 25.6. The van der Waals surface area contributed by atoms with Crippen molar-refractivity contribution in [2.24, 2.45) is 5.92 Å². The highest BCUT2D eigenvalue weighted by Gasteiger charge is 2.30. The maximum atomic E-state index is 6.11. The fourth-order valence-electron chi connectivity index (χ4n) is 4.69. The number of aromatic nitrogens is 6. The standard InChI is InChI=1S/C30H35N7O2.C2H6/c1-19-14-23(33-25-11-9-8-10-24(19)25)18-39-28-17-27(31-21(3)32-28)37-26(34-29(35-37)36(5)6)16-22-12-13-30(4,38-7)20(2)15-22;1-2/h8-15,17,20H,16,18H2,1-7H3;1-2H3. The molecule has 0 fully saturated rings. The van der Waals surface area contributed by atoms with Crippen molar-refractivity contribution < 1.29 is 9.47 Å². The molecule has 0 radical (unpaired) electrons. The van der Waals surface area contributed by atoms with Crippen molar-refractivity contribution in [2.45, 2.75) is 60.2 Å². The van der Waals surface area contributed by atoms with Crippen molar-refractivity contribution in [3.8, 4) is 11.7 Å². The maximum absolute atomic E-state index is 6.11. The summed E-state index contributed by atoms with van der Waals surface area (Å²) in [4.78, 5) is 20.6. The lowest BCUT2D eigenvalue weighted by Gasteiger charge is -2.32. The topological polar surface area (TPSA) is 91.1 Å². The largest absolute Gasteiger partial charge is 0.471 e. The minimum absolute atomic E-state index is 0.223. The van der Waals surface area contributed by atoms with Gasteiger partial charge in [0.2, 0.25) is 11.8 Å². The van der Waals surface area contributed by atoms with Crippen LogP contribution in [0.1, 0.15) is 50.6 Å². The number of nitrogens with zero attached hydrogens (tertiary/aromatic N) is 7.